The fourth-order valence-electron chi connectivity index (χ4n) is 4.20. The van der Waals surface area contributed by atoms with E-state index >= 15 is 0 Å². The number of para-hydroxylation sites is 3. The minimum atomic E-state index is -3.77. The van der Waals surface area contributed by atoms with Crippen molar-refractivity contribution in [3.05, 3.63) is 89.5 Å². The summed E-state index contributed by atoms with van der Waals surface area (Å²) < 4.78 is 45.7. The van der Waals surface area contributed by atoms with Gasteiger partial charge in [-0.15, -0.1) is 0 Å². The quantitative estimate of drug-likeness (QED) is 0.159. The van der Waals surface area contributed by atoms with Crippen LogP contribution in [-0.4, -0.2) is 19.8 Å². The zero-order valence-corrected chi connectivity index (χ0v) is 28.4. The van der Waals surface area contributed by atoms with E-state index in [0.717, 1.165) is 36.0 Å². The van der Waals surface area contributed by atoms with Crippen LogP contribution in [0.4, 0.5) is 0 Å². The summed E-state index contributed by atoms with van der Waals surface area (Å²) in [5, 5.41) is 0. The molecule has 0 aliphatic carbocycles. The average Bonchev–Trinajstić information content (AvgIpc) is 2.98. The van der Waals surface area contributed by atoms with E-state index in [2.05, 4.69) is 30.5 Å². The molecular weight excluding hydrogens is 591 g/mol. The number of nitrogens with zero attached hydrogens (tertiary/aromatic N) is 1. The molecule has 0 radical (unpaired) electrons. The molecule has 9 nitrogen and oxygen atoms in total. The van der Waals surface area contributed by atoms with Gasteiger partial charge in [-0.2, -0.15) is 0 Å². The topological polar surface area (TPSA) is 91.8 Å². The second-order valence-electron chi connectivity index (χ2n) is 10.2. The van der Waals surface area contributed by atoms with E-state index in [1.54, 1.807) is 0 Å². The van der Waals surface area contributed by atoms with Crippen molar-refractivity contribution in [3.8, 4) is 17.2 Å². The second-order valence-corrected chi connectivity index (χ2v) is 17.7. The molecule has 2 N–H and O–H groups in total. The van der Waals surface area contributed by atoms with Crippen LogP contribution in [-0.2, 0) is 13.6 Å². The molecule has 1 aliphatic rings. The Morgan fingerprint density at radius 1 is 0.643 bits per heavy atom. The minimum absolute atomic E-state index is 0.404. The fourth-order valence-corrected chi connectivity index (χ4v) is 16.5. The molecular formula is C30H46N3O6P3. The molecule has 0 saturated carbocycles. The average molecular weight is 638 g/mol. The molecule has 0 bridgehead atoms. The first-order chi connectivity index (χ1) is 20.3. The number of benzene rings is 3. The van der Waals surface area contributed by atoms with E-state index in [4.69, 9.17) is 31.7 Å². The Bertz CT molecular complexity index is 1380. The van der Waals surface area contributed by atoms with Gasteiger partial charge in [-0.25, -0.2) is 0 Å². The number of hydrogen-bond acceptors (Lipinski definition) is 9. The SMILES string of the molecule is CCCOP1(Oc2ccccc2C)=N[PH](OCCC)(Oc2ccccc2C)N[PH](OCCC)(Oc2ccccc2C)N1. The van der Waals surface area contributed by atoms with Crippen molar-refractivity contribution in [2.24, 2.45) is 4.52 Å². The summed E-state index contributed by atoms with van der Waals surface area (Å²) in [5.41, 5.74) is 2.88. The van der Waals surface area contributed by atoms with Crippen LogP contribution in [0.3, 0.4) is 0 Å². The Labute approximate surface area is 252 Å². The molecule has 1 aliphatic heterocycles. The summed E-state index contributed by atoms with van der Waals surface area (Å²) in [6.45, 7) is 13.4. The zero-order chi connectivity index (χ0) is 30.1. The third kappa shape index (κ3) is 8.31. The van der Waals surface area contributed by atoms with Gasteiger partial charge < -0.3 is 0 Å². The van der Waals surface area contributed by atoms with Crippen LogP contribution in [0.1, 0.15) is 56.7 Å². The predicted octanol–water partition coefficient (Wildman–Crippen LogP) is 9.39. The summed E-state index contributed by atoms with van der Waals surface area (Å²) in [4.78, 5) is 7.20. The van der Waals surface area contributed by atoms with Gasteiger partial charge in [0.25, 0.3) is 0 Å². The van der Waals surface area contributed by atoms with E-state index in [-0.39, 0.29) is 0 Å². The molecule has 3 aromatic rings. The van der Waals surface area contributed by atoms with Crippen molar-refractivity contribution >= 4 is 23.7 Å². The third-order valence-corrected chi connectivity index (χ3v) is 16.5. The number of hydrogen-bond donors (Lipinski definition) is 2. The van der Waals surface area contributed by atoms with E-state index in [0.29, 0.717) is 37.1 Å². The first-order valence-corrected chi connectivity index (χ1v) is 19.8. The number of rotatable bonds is 15. The van der Waals surface area contributed by atoms with Gasteiger partial charge >= 0.3 is 252 Å². The van der Waals surface area contributed by atoms with Crippen molar-refractivity contribution in [1.29, 1.82) is 0 Å². The molecule has 232 valence electrons. The maximum absolute atomic E-state index is 6.86. The van der Waals surface area contributed by atoms with Gasteiger partial charge in [-0.05, 0) is 0 Å². The van der Waals surface area contributed by atoms with Gasteiger partial charge in [0.05, 0.1) is 0 Å². The first-order valence-electron chi connectivity index (χ1n) is 14.7. The molecule has 1 unspecified atom stereocenters. The van der Waals surface area contributed by atoms with Crippen molar-refractivity contribution < 1.29 is 27.1 Å². The van der Waals surface area contributed by atoms with E-state index in [1.807, 2.05) is 93.6 Å². The van der Waals surface area contributed by atoms with Crippen LogP contribution >= 0.6 is 23.7 Å². The monoisotopic (exact) mass is 637 g/mol. The predicted molar refractivity (Wildman–Crippen MR) is 176 cm³/mol. The molecule has 0 amide bonds. The van der Waals surface area contributed by atoms with Gasteiger partial charge in [0.1, 0.15) is 0 Å². The second kappa shape index (κ2) is 15.1. The molecule has 0 fully saturated rings. The molecule has 42 heavy (non-hydrogen) atoms. The molecule has 0 saturated heterocycles. The molecule has 1 heterocycles. The van der Waals surface area contributed by atoms with Crippen molar-refractivity contribution in [1.82, 2.24) is 9.72 Å². The molecule has 3 aromatic carbocycles. The first kappa shape index (κ1) is 32.9. The van der Waals surface area contributed by atoms with Crippen molar-refractivity contribution in [3.63, 3.8) is 0 Å². The van der Waals surface area contributed by atoms with E-state index in [9.17, 15) is 0 Å². The van der Waals surface area contributed by atoms with Crippen LogP contribution in [0.5, 0.6) is 17.2 Å². The van der Waals surface area contributed by atoms with Gasteiger partial charge in [0.2, 0.25) is 0 Å². The fraction of sp³-hybridized carbons (Fsp3) is 0.400. The summed E-state index contributed by atoms with van der Waals surface area (Å²) in [7, 11) is -10.8. The van der Waals surface area contributed by atoms with Crippen LogP contribution in [0.2, 0.25) is 0 Å². The maximum atomic E-state index is 6.86. The number of aryl methyl sites for hydroxylation is 3. The zero-order valence-electron chi connectivity index (χ0n) is 25.5. The van der Waals surface area contributed by atoms with Gasteiger partial charge in [-0.3, -0.25) is 0 Å². The number of nitrogens with one attached hydrogen (secondary N) is 2. The Balaban J connectivity index is 1.96. The molecule has 12 heteroatoms. The van der Waals surface area contributed by atoms with Crippen LogP contribution < -0.4 is 23.3 Å². The normalized spacial score (nSPS) is 20.6. The Morgan fingerprint density at radius 3 is 1.69 bits per heavy atom. The summed E-state index contributed by atoms with van der Waals surface area (Å²) in [5.74, 6) is 2.00. The summed E-state index contributed by atoms with van der Waals surface area (Å²) >= 11 is 0. The van der Waals surface area contributed by atoms with Gasteiger partial charge in [0.15, 0.2) is 0 Å². The Morgan fingerprint density at radius 2 is 1.14 bits per heavy atom. The summed E-state index contributed by atoms with van der Waals surface area (Å²) in [6, 6.07) is 23.5. The van der Waals surface area contributed by atoms with Crippen LogP contribution in [0, 0.1) is 20.8 Å². The van der Waals surface area contributed by atoms with Crippen molar-refractivity contribution in [2.75, 3.05) is 19.8 Å². The molecule has 4 rings (SSSR count). The van der Waals surface area contributed by atoms with Gasteiger partial charge in [-0.1, -0.05) is 0 Å². The van der Waals surface area contributed by atoms with Crippen molar-refractivity contribution in [2.45, 2.75) is 60.8 Å². The van der Waals surface area contributed by atoms with E-state index < -0.39 is 23.7 Å². The molecule has 1 atom stereocenters. The Hall–Kier alpha value is -2.05. The summed E-state index contributed by atoms with van der Waals surface area (Å²) in [6.07, 6.45) is 2.30. The molecule has 0 aromatic heterocycles. The van der Waals surface area contributed by atoms with E-state index in [1.165, 1.54) is 0 Å². The molecule has 0 spiro atoms. The Kier molecular flexibility index (Phi) is 11.8. The van der Waals surface area contributed by atoms with Gasteiger partial charge in [0, 0.05) is 0 Å². The van der Waals surface area contributed by atoms with Crippen LogP contribution in [0.15, 0.2) is 77.3 Å². The standard InChI is InChI=1S/C30H46N3O6P3/c1-7-22-34-40(37-28-19-13-10-16-25(28)4)31-41(35-23-8-2,38-29-20-14-11-17-26(29)5)33-42(32-40,36-24-9-3)39-30-21-15-12-18-27(30)6/h10-21,31-32,40-41H,7-9,22-24H2,1-6H3. The third-order valence-electron chi connectivity index (χ3n) is 6.36. The van der Waals surface area contributed by atoms with Crippen LogP contribution in [0.25, 0.3) is 0 Å².